The van der Waals surface area contributed by atoms with E-state index >= 15 is 0 Å². The summed E-state index contributed by atoms with van der Waals surface area (Å²) in [6, 6.07) is 16.9. The Kier molecular flexibility index (Phi) is 9.97. The van der Waals surface area contributed by atoms with E-state index in [2.05, 4.69) is 25.3 Å². The topological polar surface area (TPSA) is 144 Å². The molecule has 1 saturated carbocycles. The molecule has 0 spiro atoms. The van der Waals surface area contributed by atoms with Gasteiger partial charge in [0.15, 0.2) is 0 Å². The Morgan fingerprint density at radius 3 is 2.39 bits per heavy atom. The third-order valence-electron chi connectivity index (χ3n) is 7.24. The molecule has 2 aromatic heterocycles. The van der Waals surface area contributed by atoms with E-state index in [-0.39, 0.29) is 22.0 Å². The van der Waals surface area contributed by atoms with Crippen molar-refractivity contribution in [1.29, 1.82) is 0 Å². The number of alkyl carbamates (subject to hydrolysis) is 1. The Bertz CT molecular complexity index is 1810. The van der Waals surface area contributed by atoms with E-state index < -0.39 is 21.7 Å². The number of amides is 1. The zero-order chi connectivity index (χ0) is 32.9. The van der Waals surface area contributed by atoms with Crippen LogP contribution in [0.4, 0.5) is 16.4 Å². The number of pyridine rings is 1. The van der Waals surface area contributed by atoms with Crippen LogP contribution in [0.2, 0.25) is 5.02 Å². The quantitative estimate of drug-likeness (QED) is 0.167. The van der Waals surface area contributed by atoms with Crippen LogP contribution < -0.4 is 20.1 Å². The second-order valence-corrected chi connectivity index (χ2v) is 14.1. The summed E-state index contributed by atoms with van der Waals surface area (Å²) < 4.78 is 39.9. The SMILES string of the molecule is Cc1cc(NS(=O)(=O)c2ccccc2Cl)ccc1Oc1ncccc1-c1ccnc(N[C@H]2CC[C@H](NC(=O)OC(C)(C)C)CC2)n1. The van der Waals surface area contributed by atoms with E-state index in [9.17, 15) is 13.2 Å². The minimum Gasteiger partial charge on any atom is -0.444 e. The molecular weight excluding hydrogens is 628 g/mol. The van der Waals surface area contributed by atoms with E-state index in [0.29, 0.717) is 40.1 Å². The molecule has 4 aromatic rings. The van der Waals surface area contributed by atoms with Crippen LogP contribution in [0.15, 0.2) is 78.0 Å². The Labute approximate surface area is 274 Å². The number of halogens is 1. The van der Waals surface area contributed by atoms with Crippen molar-refractivity contribution < 1.29 is 22.7 Å². The van der Waals surface area contributed by atoms with Gasteiger partial charge in [-0.1, -0.05) is 23.7 Å². The second-order valence-electron chi connectivity index (χ2n) is 12.1. The first-order chi connectivity index (χ1) is 21.9. The molecule has 5 rings (SSSR count). The molecule has 1 fully saturated rings. The van der Waals surface area contributed by atoms with Crippen molar-refractivity contribution in [3.05, 3.63) is 83.6 Å². The maximum absolute atomic E-state index is 12.9. The predicted molar refractivity (Wildman–Crippen MR) is 178 cm³/mol. The molecule has 3 N–H and O–H groups in total. The van der Waals surface area contributed by atoms with Gasteiger partial charge in [-0.2, -0.15) is 0 Å². The van der Waals surface area contributed by atoms with Gasteiger partial charge in [-0.15, -0.1) is 0 Å². The minimum atomic E-state index is -3.88. The highest BCUT2D eigenvalue weighted by Gasteiger charge is 2.25. The number of carbonyl (C=O) groups is 1. The lowest BCUT2D eigenvalue weighted by Gasteiger charge is -2.30. The summed E-state index contributed by atoms with van der Waals surface area (Å²) in [6.07, 6.45) is 6.25. The normalized spacial score (nSPS) is 16.7. The molecule has 2 aromatic carbocycles. The van der Waals surface area contributed by atoms with Gasteiger partial charge in [-0.25, -0.2) is 28.2 Å². The van der Waals surface area contributed by atoms with Gasteiger partial charge in [-0.3, -0.25) is 4.72 Å². The van der Waals surface area contributed by atoms with Crippen molar-refractivity contribution in [2.24, 2.45) is 0 Å². The number of aryl methyl sites for hydroxylation is 1. The van der Waals surface area contributed by atoms with Crippen LogP contribution in [0, 0.1) is 6.92 Å². The summed E-state index contributed by atoms with van der Waals surface area (Å²) in [4.78, 5) is 25.8. The molecule has 242 valence electrons. The summed E-state index contributed by atoms with van der Waals surface area (Å²) in [7, 11) is -3.88. The fourth-order valence-corrected chi connectivity index (χ4v) is 6.66. The van der Waals surface area contributed by atoms with E-state index in [1.54, 1.807) is 54.9 Å². The summed E-state index contributed by atoms with van der Waals surface area (Å²) in [5, 5.41) is 6.53. The Morgan fingerprint density at radius 2 is 1.67 bits per heavy atom. The van der Waals surface area contributed by atoms with Crippen LogP contribution in [0.3, 0.4) is 0 Å². The van der Waals surface area contributed by atoms with Crippen LogP contribution >= 0.6 is 11.6 Å². The molecular formula is C33H37ClN6O5S. The third-order valence-corrected chi connectivity index (χ3v) is 9.12. The van der Waals surface area contributed by atoms with Gasteiger partial charge in [0.1, 0.15) is 16.2 Å². The highest BCUT2D eigenvalue weighted by molar-refractivity contribution is 7.92. The van der Waals surface area contributed by atoms with Crippen molar-refractivity contribution in [2.45, 2.75) is 76.0 Å². The number of benzene rings is 2. The number of anilines is 2. The number of nitrogens with one attached hydrogen (secondary N) is 3. The number of sulfonamides is 1. The summed E-state index contributed by atoms with van der Waals surface area (Å²) in [5.41, 5.74) is 1.82. The molecule has 46 heavy (non-hydrogen) atoms. The highest BCUT2D eigenvalue weighted by atomic mass is 35.5. The number of nitrogens with zero attached hydrogens (tertiary/aromatic N) is 3. The number of ether oxygens (including phenoxy) is 2. The number of rotatable bonds is 9. The molecule has 13 heteroatoms. The van der Waals surface area contributed by atoms with Crippen LogP contribution in [0.25, 0.3) is 11.3 Å². The van der Waals surface area contributed by atoms with Crippen molar-refractivity contribution in [2.75, 3.05) is 10.0 Å². The third kappa shape index (κ3) is 8.64. The van der Waals surface area contributed by atoms with Crippen LogP contribution in [-0.4, -0.2) is 47.1 Å². The average Bonchev–Trinajstić information content (AvgIpc) is 2.99. The molecule has 1 aliphatic carbocycles. The van der Waals surface area contributed by atoms with Gasteiger partial charge in [0, 0.05) is 30.2 Å². The fraction of sp³-hybridized carbons (Fsp3) is 0.333. The van der Waals surface area contributed by atoms with Gasteiger partial charge in [0.2, 0.25) is 11.8 Å². The number of hydrogen-bond acceptors (Lipinski definition) is 9. The average molecular weight is 665 g/mol. The standard InChI is InChI=1S/C33H37ClN6O5S/c1-21-20-24(40-46(42,43)29-10-6-5-9-26(29)34)15-16-28(21)44-30-25(8-7-18-35-30)27-17-19-36-31(39-27)37-22-11-13-23(14-12-22)38-32(41)45-33(2,3)4/h5-10,15-20,22-23,40H,11-14H2,1-4H3,(H,38,41)(H,36,37,39)/t22-,23-. The maximum Gasteiger partial charge on any atom is 0.407 e. The van der Waals surface area contributed by atoms with E-state index in [0.717, 1.165) is 25.7 Å². The molecule has 0 bridgehead atoms. The Hall–Kier alpha value is -4.42. The second kappa shape index (κ2) is 13.9. The lowest BCUT2D eigenvalue weighted by atomic mass is 9.91. The van der Waals surface area contributed by atoms with Crippen LogP contribution in [-0.2, 0) is 14.8 Å². The zero-order valence-electron chi connectivity index (χ0n) is 26.1. The molecule has 2 heterocycles. The van der Waals surface area contributed by atoms with Crippen LogP contribution in [0.1, 0.15) is 52.0 Å². The Balaban J connectivity index is 1.24. The number of hydrogen-bond donors (Lipinski definition) is 3. The van der Waals surface area contributed by atoms with Crippen molar-refractivity contribution in [3.8, 4) is 22.9 Å². The van der Waals surface area contributed by atoms with E-state index in [4.69, 9.17) is 26.1 Å². The van der Waals surface area contributed by atoms with Crippen molar-refractivity contribution >= 4 is 39.4 Å². The van der Waals surface area contributed by atoms with Gasteiger partial charge in [-0.05, 0) is 107 Å². The van der Waals surface area contributed by atoms with Crippen molar-refractivity contribution in [3.63, 3.8) is 0 Å². The molecule has 1 aliphatic rings. The first kappa shape index (κ1) is 33.0. The first-order valence-corrected chi connectivity index (χ1v) is 16.8. The lowest BCUT2D eigenvalue weighted by Crippen LogP contribution is -2.42. The molecule has 11 nitrogen and oxygen atoms in total. The van der Waals surface area contributed by atoms with Gasteiger partial charge >= 0.3 is 6.09 Å². The van der Waals surface area contributed by atoms with Gasteiger partial charge < -0.3 is 20.1 Å². The highest BCUT2D eigenvalue weighted by Crippen LogP contribution is 2.34. The van der Waals surface area contributed by atoms with Gasteiger partial charge in [0.25, 0.3) is 10.0 Å². The van der Waals surface area contributed by atoms with E-state index in [1.165, 1.54) is 12.1 Å². The largest absolute Gasteiger partial charge is 0.444 e. The molecule has 0 unspecified atom stereocenters. The molecule has 1 amide bonds. The number of carbonyl (C=O) groups excluding carboxylic acids is 1. The van der Waals surface area contributed by atoms with Crippen LogP contribution in [0.5, 0.6) is 11.6 Å². The molecule has 0 saturated heterocycles. The molecule has 0 aliphatic heterocycles. The zero-order valence-corrected chi connectivity index (χ0v) is 27.7. The number of aromatic nitrogens is 3. The summed E-state index contributed by atoms with van der Waals surface area (Å²) in [5.74, 6) is 1.33. The first-order valence-electron chi connectivity index (χ1n) is 15.0. The molecule has 0 atom stereocenters. The monoisotopic (exact) mass is 664 g/mol. The molecule has 0 radical (unpaired) electrons. The maximum atomic E-state index is 12.9. The fourth-order valence-electron chi connectivity index (χ4n) is 5.09. The summed E-state index contributed by atoms with van der Waals surface area (Å²) in [6.45, 7) is 7.36. The minimum absolute atomic E-state index is 0.00521. The predicted octanol–water partition coefficient (Wildman–Crippen LogP) is 7.34. The summed E-state index contributed by atoms with van der Waals surface area (Å²) >= 11 is 6.11. The van der Waals surface area contributed by atoms with E-state index in [1.807, 2.05) is 33.8 Å². The Morgan fingerprint density at radius 1 is 0.935 bits per heavy atom. The van der Waals surface area contributed by atoms with Crippen molar-refractivity contribution in [1.82, 2.24) is 20.3 Å². The lowest BCUT2D eigenvalue weighted by molar-refractivity contribution is 0.0492. The smallest absolute Gasteiger partial charge is 0.407 e. The van der Waals surface area contributed by atoms with Gasteiger partial charge in [0.05, 0.1) is 16.3 Å².